The lowest BCUT2D eigenvalue weighted by Crippen LogP contribution is -2.03. The summed E-state index contributed by atoms with van der Waals surface area (Å²) in [5.74, 6) is -0.968. The summed E-state index contributed by atoms with van der Waals surface area (Å²) < 4.78 is 5.49. The molecular weight excluding hydrogens is 392 g/mol. The zero-order valence-corrected chi connectivity index (χ0v) is 17.0. The summed E-state index contributed by atoms with van der Waals surface area (Å²) in [6.07, 6.45) is 0. The molecule has 4 rings (SSSR count). The third kappa shape index (κ3) is 4.34. The number of aromatic amines is 1. The number of aliphatic imine (C=N–C) groups is 1. The monoisotopic (exact) mass is 414 g/mol. The molecule has 156 valence electrons. The average molecular weight is 414 g/mol. The van der Waals surface area contributed by atoms with E-state index in [1.54, 1.807) is 12.1 Å². The van der Waals surface area contributed by atoms with Gasteiger partial charge in [-0.3, -0.25) is 0 Å². The average Bonchev–Trinajstić information content (AvgIpc) is 3.11. The number of aromatic hydroxyl groups is 1. The van der Waals surface area contributed by atoms with Crippen LogP contribution in [-0.4, -0.2) is 33.5 Å². The van der Waals surface area contributed by atoms with Crippen LogP contribution in [0.1, 0.15) is 34.0 Å². The number of hydrogen-bond acceptors (Lipinski definition) is 4. The number of aromatic nitrogens is 1. The lowest BCUT2D eigenvalue weighted by atomic mass is 10.00. The molecule has 0 aliphatic carbocycles. The van der Waals surface area contributed by atoms with Gasteiger partial charge in [-0.15, -0.1) is 0 Å². The third-order valence-corrected chi connectivity index (χ3v) is 4.96. The molecule has 1 aromatic heterocycles. The van der Waals surface area contributed by atoms with E-state index < -0.39 is 5.97 Å². The van der Waals surface area contributed by atoms with Gasteiger partial charge in [0, 0.05) is 23.1 Å². The number of rotatable bonds is 7. The van der Waals surface area contributed by atoms with E-state index in [1.165, 1.54) is 12.1 Å². The highest BCUT2D eigenvalue weighted by atomic mass is 16.5. The topological polar surface area (TPSA) is 94.9 Å². The maximum atomic E-state index is 11.1. The Kier molecular flexibility index (Phi) is 5.82. The van der Waals surface area contributed by atoms with E-state index in [1.807, 2.05) is 55.5 Å². The van der Waals surface area contributed by atoms with Crippen LogP contribution in [-0.2, 0) is 11.3 Å². The van der Waals surface area contributed by atoms with Crippen molar-refractivity contribution in [3.05, 3.63) is 95.1 Å². The number of carboxylic acid groups (broad SMARTS) is 1. The standard InChI is InChI=1S/C25H22N2O4/c1-2-31-15-16-8-13-20-21(14-16)27-24(28)22(20)23(17-6-4-3-5-7-17)26-19-11-9-18(10-12-19)25(29)30/h3-14,27-28H,2,15H2,1H3,(H,29,30). The van der Waals surface area contributed by atoms with Crippen LogP contribution in [0.3, 0.4) is 0 Å². The number of benzene rings is 3. The second-order valence-electron chi connectivity index (χ2n) is 7.04. The minimum atomic E-state index is -0.990. The van der Waals surface area contributed by atoms with Crippen LogP contribution in [0, 0.1) is 0 Å². The Bertz CT molecular complexity index is 1240. The Balaban J connectivity index is 1.85. The van der Waals surface area contributed by atoms with Crippen LogP contribution < -0.4 is 0 Å². The molecule has 0 unspecified atom stereocenters. The Morgan fingerprint density at radius 3 is 2.42 bits per heavy atom. The van der Waals surface area contributed by atoms with Gasteiger partial charge in [-0.1, -0.05) is 42.5 Å². The molecule has 6 heteroatoms. The maximum absolute atomic E-state index is 11.1. The molecular formula is C25H22N2O4. The Morgan fingerprint density at radius 1 is 1.00 bits per heavy atom. The van der Waals surface area contributed by atoms with E-state index >= 15 is 0 Å². The second-order valence-corrected chi connectivity index (χ2v) is 7.04. The lowest BCUT2D eigenvalue weighted by molar-refractivity contribution is 0.0697. The third-order valence-electron chi connectivity index (χ3n) is 4.96. The Hall–Kier alpha value is -3.90. The first-order valence-electron chi connectivity index (χ1n) is 9.96. The van der Waals surface area contributed by atoms with E-state index in [9.17, 15) is 9.90 Å². The number of aromatic carboxylic acids is 1. The van der Waals surface area contributed by atoms with Crippen LogP contribution in [0.25, 0.3) is 10.9 Å². The second kappa shape index (κ2) is 8.85. The summed E-state index contributed by atoms with van der Waals surface area (Å²) in [6, 6.07) is 21.8. The van der Waals surface area contributed by atoms with Crippen molar-refractivity contribution in [2.45, 2.75) is 13.5 Å². The van der Waals surface area contributed by atoms with Gasteiger partial charge in [-0.2, -0.15) is 0 Å². The molecule has 31 heavy (non-hydrogen) atoms. The van der Waals surface area contributed by atoms with Gasteiger partial charge in [-0.25, -0.2) is 9.79 Å². The molecule has 0 spiro atoms. The number of nitrogens with one attached hydrogen (secondary N) is 1. The Morgan fingerprint density at radius 2 is 1.74 bits per heavy atom. The summed E-state index contributed by atoms with van der Waals surface area (Å²) in [5, 5.41) is 20.8. The van der Waals surface area contributed by atoms with Crippen molar-refractivity contribution in [1.82, 2.24) is 4.98 Å². The normalized spacial score (nSPS) is 11.7. The van der Waals surface area contributed by atoms with Crippen molar-refractivity contribution in [2.75, 3.05) is 6.61 Å². The van der Waals surface area contributed by atoms with Gasteiger partial charge in [0.25, 0.3) is 0 Å². The summed E-state index contributed by atoms with van der Waals surface area (Å²) in [5.41, 5.74) is 4.58. The molecule has 6 nitrogen and oxygen atoms in total. The number of hydrogen-bond donors (Lipinski definition) is 3. The first kappa shape index (κ1) is 20.4. The summed E-state index contributed by atoms with van der Waals surface area (Å²) in [7, 11) is 0. The van der Waals surface area contributed by atoms with Crippen molar-refractivity contribution < 1.29 is 19.7 Å². The molecule has 0 aliphatic rings. The van der Waals surface area contributed by atoms with Gasteiger partial charge in [0.2, 0.25) is 0 Å². The predicted molar refractivity (Wildman–Crippen MR) is 120 cm³/mol. The van der Waals surface area contributed by atoms with E-state index in [0.717, 1.165) is 22.0 Å². The molecule has 0 fully saturated rings. The van der Waals surface area contributed by atoms with E-state index in [4.69, 9.17) is 14.8 Å². The molecule has 0 aliphatic heterocycles. The fourth-order valence-corrected chi connectivity index (χ4v) is 3.45. The summed E-state index contributed by atoms with van der Waals surface area (Å²) in [4.78, 5) is 19.0. The van der Waals surface area contributed by atoms with Crippen molar-refractivity contribution in [2.24, 2.45) is 4.99 Å². The number of nitrogens with zero attached hydrogens (tertiary/aromatic N) is 1. The number of ether oxygens (including phenoxy) is 1. The molecule has 0 radical (unpaired) electrons. The largest absolute Gasteiger partial charge is 0.494 e. The lowest BCUT2D eigenvalue weighted by Gasteiger charge is -2.08. The van der Waals surface area contributed by atoms with Crippen molar-refractivity contribution in [3.8, 4) is 5.88 Å². The highest BCUT2D eigenvalue weighted by Crippen LogP contribution is 2.32. The first-order valence-corrected chi connectivity index (χ1v) is 9.96. The molecule has 0 bridgehead atoms. The molecule has 3 aromatic carbocycles. The van der Waals surface area contributed by atoms with Gasteiger partial charge in [0.15, 0.2) is 5.88 Å². The molecule has 0 atom stereocenters. The van der Waals surface area contributed by atoms with Crippen LogP contribution >= 0.6 is 0 Å². The fourth-order valence-electron chi connectivity index (χ4n) is 3.45. The highest BCUT2D eigenvalue weighted by molar-refractivity contribution is 6.21. The smallest absolute Gasteiger partial charge is 0.335 e. The number of carboxylic acids is 1. The van der Waals surface area contributed by atoms with Gasteiger partial charge in [-0.05, 0) is 42.8 Å². The number of fused-ring (bicyclic) bond motifs is 1. The highest BCUT2D eigenvalue weighted by Gasteiger charge is 2.19. The van der Waals surface area contributed by atoms with Gasteiger partial charge >= 0.3 is 5.97 Å². The summed E-state index contributed by atoms with van der Waals surface area (Å²) >= 11 is 0. The molecule has 0 saturated heterocycles. The minimum absolute atomic E-state index is 0.0216. The van der Waals surface area contributed by atoms with Crippen LogP contribution in [0.2, 0.25) is 0 Å². The zero-order chi connectivity index (χ0) is 21.8. The fraction of sp³-hybridized carbons (Fsp3) is 0.120. The summed E-state index contributed by atoms with van der Waals surface area (Å²) in [6.45, 7) is 3.07. The Labute approximate surface area is 179 Å². The quantitative estimate of drug-likeness (QED) is 0.359. The molecule has 3 N–H and O–H groups in total. The molecule has 1 heterocycles. The van der Waals surface area contributed by atoms with Crippen molar-refractivity contribution in [1.29, 1.82) is 0 Å². The van der Waals surface area contributed by atoms with Gasteiger partial charge < -0.3 is 19.9 Å². The number of carbonyl (C=O) groups is 1. The number of H-pyrrole nitrogens is 1. The minimum Gasteiger partial charge on any atom is -0.494 e. The predicted octanol–water partition coefficient (Wildman–Crippen LogP) is 5.28. The van der Waals surface area contributed by atoms with E-state index in [0.29, 0.717) is 30.2 Å². The molecule has 0 saturated carbocycles. The van der Waals surface area contributed by atoms with E-state index in [-0.39, 0.29) is 11.4 Å². The molecule has 4 aromatic rings. The first-order chi connectivity index (χ1) is 15.1. The van der Waals surface area contributed by atoms with Crippen LogP contribution in [0.15, 0.2) is 77.8 Å². The van der Waals surface area contributed by atoms with E-state index in [2.05, 4.69) is 4.98 Å². The van der Waals surface area contributed by atoms with Crippen molar-refractivity contribution >= 4 is 28.3 Å². The van der Waals surface area contributed by atoms with Crippen molar-refractivity contribution in [3.63, 3.8) is 0 Å². The molecule has 0 amide bonds. The van der Waals surface area contributed by atoms with Crippen LogP contribution in [0.4, 0.5) is 5.69 Å². The van der Waals surface area contributed by atoms with Gasteiger partial charge in [0.1, 0.15) is 0 Å². The zero-order valence-electron chi connectivity index (χ0n) is 17.0. The SMILES string of the molecule is CCOCc1ccc2c(C(=Nc3ccc(C(=O)O)cc3)c3ccccc3)c(O)[nH]c2c1. The maximum Gasteiger partial charge on any atom is 0.335 e. The van der Waals surface area contributed by atoms with Crippen LogP contribution in [0.5, 0.6) is 5.88 Å². The van der Waals surface area contributed by atoms with Gasteiger partial charge in [0.05, 0.1) is 29.1 Å².